The van der Waals surface area contributed by atoms with E-state index in [4.69, 9.17) is 9.26 Å². The minimum absolute atomic E-state index is 0.161. The molecule has 2 aromatic heterocycles. The molecule has 1 saturated heterocycles. The number of imidazole rings is 1. The molecule has 1 aliphatic carbocycles. The summed E-state index contributed by atoms with van der Waals surface area (Å²) in [5.74, 6) is 2.35. The lowest BCUT2D eigenvalue weighted by Gasteiger charge is -2.28. The molecule has 148 valence electrons. The average molecular weight is 374 g/mol. The molecule has 0 radical (unpaired) electrons. The molecule has 0 unspecified atom stereocenters. The molecule has 2 fully saturated rings. The summed E-state index contributed by atoms with van der Waals surface area (Å²) in [5.41, 5.74) is 0.442. The Morgan fingerprint density at radius 2 is 2.22 bits per heavy atom. The quantitative estimate of drug-likeness (QED) is 0.758. The minimum atomic E-state index is -0.161. The van der Waals surface area contributed by atoms with E-state index < -0.39 is 0 Å². The third-order valence-corrected chi connectivity index (χ3v) is 6.21. The molecule has 2 aliphatic rings. The van der Waals surface area contributed by atoms with E-state index in [1.165, 1.54) is 19.3 Å². The van der Waals surface area contributed by atoms with Gasteiger partial charge in [0.25, 0.3) is 0 Å². The van der Waals surface area contributed by atoms with Crippen LogP contribution in [0.5, 0.6) is 0 Å². The number of aryl methyl sites for hydroxylation is 1. The van der Waals surface area contributed by atoms with Gasteiger partial charge in [-0.25, -0.2) is 4.98 Å². The summed E-state index contributed by atoms with van der Waals surface area (Å²) in [5, 5.41) is 7.57. The van der Waals surface area contributed by atoms with E-state index in [-0.39, 0.29) is 6.10 Å². The van der Waals surface area contributed by atoms with E-state index in [0.717, 1.165) is 32.0 Å². The zero-order chi connectivity index (χ0) is 18.9. The summed E-state index contributed by atoms with van der Waals surface area (Å²) in [6.45, 7) is 8.69. The fourth-order valence-electron chi connectivity index (χ4n) is 4.32. The van der Waals surface area contributed by atoms with Crippen molar-refractivity contribution in [2.24, 2.45) is 5.41 Å². The SMILES string of the molecule is CCn1ccnc1CN(Cc1nc([C@H](C)OC)no1)[C@H]1CC12CCNCC2. The number of hydrogen-bond donors (Lipinski definition) is 1. The van der Waals surface area contributed by atoms with E-state index >= 15 is 0 Å². The zero-order valence-corrected chi connectivity index (χ0v) is 16.5. The molecule has 2 atom stereocenters. The molecule has 27 heavy (non-hydrogen) atoms. The first-order chi connectivity index (χ1) is 13.1. The lowest BCUT2D eigenvalue weighted by Crippen LogP contribution is -2.36. The van der Waals surface area contributed by atoms with Crippen LogP contribution in [0.4, 0.5) is 0 Å². The van der Waals surface area contributed by atoms with Crippen molar-refractivity contribution in [2.75, 3.05) is 20.2 Å². The second-order valence-corrected chi connectivity index (χ2v) is 7.79. The van der Waals surface area contributed by atoms with E-state index in [2.05, 4.69) is 36.8 Å². The highest BCUT2D eigenvalue weighted by Crippen LogP contribution is 2.56. The van der Waals surface area contributed by atoms with Gasteiger partial charge in [0.1, 0.15) is 11.9 Å². The summed E-state index contributed by atoms with van der Waals surface area (Å²) in [6, 6.07) is 0.553. The van der Waals surface area contributed by atoms with Gasteiger partial charge in [-0.1, -0.05) is 5.16 Å². The Hall–Kier alpha value is -1.77. The number of piperidine rings is 1. The lowest BCUT2D eigenvalue weighted by atomic mass is 9.93. The van der Waals surface area contributed by atoms with Crippen molar-refractivity contribution in [2.45, 2.75) is 64.9 Å². The highest BCUT2D eigenvalue weighted by molar-refractivity contribution is 5.11. The standard InChI is InChI=1S/C19H30N6O2/c1-4-24-10-9-21-16(24)12-25(15-11-19(15)5-7-20-8-6-19)13-17-22-18(23-27-17)14(2)26-3/h9-10,14-15,20H,4-8,11-13H2,1-3H3/t14-,15-/m0/s1. The summed E-state index contributed by atoms with van der Waals surface area (Å²) < 4.78 is 13.0. The van der Waals surface area contributed by atoms with Crippen molar-refractivity contribution in [3.63, 3.8) is 0 Å². The molecule has 1 spiro atoms. The van der Waals surface area contributed by atoms with Crippen molar-refractivity contribution >= 4 is 0 Å². The predicted octanol–water partition coefficient (Wildman–Crippen LogP) is 2.14. The molecular formula is C19H30N6O2. The van der Waals surface area contributed by atoms with Crippen LogP contribution in [0.15, 0.2) is 16.9 Å². The zero-order valence-electron chi connectivity index (χ0n) is 16.5. The Bertz CT molecular complexity index is 751. The molecule has 1 aliphatic heterocycles. The fraction of sp³-hybridized carbons (Fsp3) is 0.737. The van der Waals surface area contributed by atoms with Gasteiger partial charge < -0.3 is 19.1 Å². The Morgan fingerprint density at radius 1 is 1.41 bits per heavy atom. The number of nitrogens with zero attached hydrogens (tertiary/aromatic N) is 5. The molecule has 3 heterocycles. The van der Waals surface area contributed by atoms with E-state index in [0.29, 0.717) is 29.7 Å². The number of ether oxygens (including phenoxy) is 1. The molecule has 0 aromatic carbocycles. The van der Waals surface area contributed by atoms with Crippen molar-refractivity contribution in [3.8, 4) is 0 Å². The molecule has 0 bridgehead atoms. The van der Waals surface area contributed by atoms with Gasteiger partial charge in [0.2, 0.25) is 5.89 Å². The lowest BCUT2D eigenvalue weighted by molar-refractivity contribution is 0.109. The topological polar surface area (TPSA) is 81.2 Å². The van der Waals surface area contributed by atoms with Gasteiger partial charge in [0.15, 0.2) is 5.82 Å². The van der Waals surface area contributed by atoms with E-state index in [1.807, 2.05) is 19.3 Å². The van der Waals surface area contributed by atoms with Gasteiger partial charge >= 0.3 is 0 Å². The molecule has 2 aromatic rings. The number of methoxy groups -OCH3 is 1. The number of nitrogens with one attached hydrogen (secondary N) is 1. The van der Waals surface area contributed by atoms with Crippen LogP contribution < -0.4 is 5.32 Å². The van der Waals surface area contributed by atoms with Crippen LogP contribution in [0.3, 0.4) is 0 Å². The average Bonchev–Trinajstić information content (AvgIpc) is 3.06. The maximum absolute atomic E-state index is 5.53. The molecule has 0 amide bonds. The Kier molecular flexibility index (Phi) is 5.29. The van der Waals surface area contributed by atoms with Gasteiger partial charge in [-0.3, -0.25) is 4.90 Å². The van der Waals surface area contributed by atoms with Gasteiger partial charge in [-0.05, 0) is 51.6 Å². The molecule has 1 saturated carbocycles. The van der Waals surface area contributed by atoms with Crippen LogP contribution in [-0.2, 0) is 24.4 Å². The summed E-state index contributed by atoms with van der Waals surface area (Å²) in [6.07, 6.45) is 7.50. The monoisotopic (exact) mass is 374 g/mol. The van der Waals surface area contributed by atoms with Crippen LogP contribution in [0.2, 0.25) is 0 Å². The van der Waals surface area contributed by atoms with Crippen LogP contribution in [0.1, 0.15) is 56.8 Å². The van der Waals surface area contributed by atoms with Gasteiger partial charge in [0, 0.05) is 32.1 Å². The summed E-state index contributed by atoms with van der Waals surface area (Å²) >= 11 is 0. The number of rotatable bonds is 8. The maximum Gasteiger partial charge on any atom is 0.240 e. The minimum Gasteiger partial charge on any atom is -0.374 e. The Labute approximate surface area is 160 Å². The van der Waals surface area contributed by atoms with Crippen LogP contribution >= 0.6 is 0 Å². The number of aromatic nitrogens is 4. The highest BCUT2D eigenvalue weighted by atomic mass is 16.5. The molecule has 8 nitrogen and oxygen atoms in total. The third-order valence-electron chi connectivity index (χ3n) is 6.21. The predicted molar refractivity (Wildman–Crippen MR) is 99.8 cm³/mol. The second-order valence-electron chi connectivity index (χ2n) is 7.79. The van der Waals surface area contributed by atoms with Crippen LogP contribution in [-0.4, -0.2) is 50.8 Å². The van der Waals surface area contributed by atoms with Crippen LogP contribution in [0.25, 0.3) is 0 Å². The number of hydrogen-bond acceptors (Lipinski definition) is 7. The fourth-order valence-corrected chi connectivity index (χ4v) is 4.32. The van der Waals surface area contributed by atoms with Gasteiger partial charge in [-0.2, -0.15) is 4.98 Å². The highest BCUT2D eigenvalue weighted by Gasteiger charge is 2.56. The summed E-state index contributed by atoms with van der Waals surface area (Å²) in [4.78, 5) is 11.6. The molecule has 8 heteroatoms. The van der Waals surface area contributed by atoms with Crippen LogP contribution in [0, 0.1) is 5.41 Å². The van der Waals surface area contributed by atoms with Crippen molar-refractivity contribution in [1.29, 1.82) is 0 Å². The smallest absolute Gasteiger partial charge is 0.240 e. The van der Waals surface area contributed by atoms with Gasteiger partial charge in [0.05, 0.1) is 13.1 Å². The molecule has 4 rings (SSSR count). The summed E-state index contributed by atoms with van der Waals surface area (Å²) in [7, 11) is 1.66. The van der Waals surface area contributed by atoms with E-state index in [1.54, 1.807) is 7.11 Å². The second kappa shape index (κ2) is 7.69. The van der Waals surface area contributed by atoms with Crippen molar-refractivity contribution in [1.82, 2.24) is 29.9 Å². The maximum atomic E-state index is 5.53. The normalized spacial score (nSPS) is 22.4. The largest absolute Gasteiger partial charge is 0.374 e. The van der Waals surface area contributed by atoms with Gasteiger partial charge in [-0.15, -0.1) is 0 Å². The third kappa shape index (κ3) is 3.79. The first-order valence-corrected chi connectivity index (χ1v) is 9.95. The Balaban J connectivity index is 1.52. The van der Waals surface area contributed by atoms with Crippen molar-refractivity contribution < 1.29 is 9.26 Å². The Morgan fingerprint density at radius 3 is 2.96 bits per heavy atom. The van der Waals surface area contributed by atoms with Crippen molar-refractivity contribution in [3.05, 3.63) is 29.9 Å². The first kappa shape index (κ1) is 18.6. The molecular weight excluding hydrogens is 344 g/mol. The first-order valence-electron chi connectivity index (χ1n) is 9.95. The molecule has 1 N–H and O–H groups in total. The van der Waals surface area contributed by atoms with E-state index in [9.17, 15) is 0 Å².